The molecule has 3 aromatic rings. The number of carbonyl (C=O) groups excluding carboxylic acids is 1. The van der Waals surface area contributed by atoms with E-state index in [2.05, 4.69) is 37.8 Å². The van der Waals surface area contributed by atoms with Gasteiger partial charge in [-0.05, 0) is 49.5 Å². The normalized spacial score (nSPS) is 15.6. The van der Waals surface area contributed by atoms with Gasteiger partial charge in [-0.3, -0.25) is 9.88 Å². The van der Waals surface area contributed by atoms with E-state index >= 15 is 0 Å². The first-order valence-corrected chi connectivity index (χ1v) is 10.6. The van der Waals surface area contributed by atoms with E-state index in [0.717, 1.165) is 41.6 Å². The molecule has 7 heteroatoms. The van der Waals surface area contributed by atoms with Crippen molar-refractivity contribution < 1.29 is 9.53 Å². The van der Waals surface area contributed by atoms with Crippen LogP contribution in [0, 0.1) is 0 Å². The fraction of sp³-hybridized carbons (Fsp3) is 0.273. The summed E-state index contributed by atoms with van der Waals surface area (Å²) < 4.78 is 6.80. The van der Waals surface area contributed by atoms with Crippen molar-refractivity contribution in [1.29, 1.82) is 0 Å². The predicted molar refractivity (Wildman–Crippen MR) is 119 cm³/mol. The second-order valence-corrected chi connectivity index (χ2v) is 8.54. The average molecular weight is 475 g/mol. The van der Waals surface area contributed by atoms with E-state index in [0.29, 0.717) is 28.4 Å². The van der Waals surface area contributed by atoms with E-state index in [4.69, 9.17) is 16.3 Å². The minimum Gasteiger partial charge on any atom is -0.420 e. The summed E-state index contributed by atoms with van der Waals surface area (Å²) in [4.78, 5) is 21.9. The molecule has 0 atom stereocenters. The third kappa shape index (κ3) is 4.61. The summed E-state index contributed by atoms with van der Waals surface area (Å²) in [7, 11) is 2.12. The lowest BCUT2D eigenvalue weighted by molar-refractivity contribution is 0.0732. The van der Waals surface area contributed by atoms with Crippen LogP contribution in [0.15, 0.2) is 53.1 Å². The van der Waals surface area contributed by atoms with E-state index in [1.807, 2.05) is 30.3 Å². The van der Waals surface area contributed by atoms with Gasteiger partial charge in [0.25, 0.3) is 0 Å². The Labute approximate surface area is 183 Å². The molecule has 0 N–H and O–H groups in total. The van der Waals surface area contributed by atoms with Gasteiger partial charge < -0.3 is 9.64 Å². The number of likely N-dealkylation sites (N-methyl/N-ethyl adjacent to an activating group) is 1. The zero-order valence-corrected chi connectivity index (χ0v) is 18.4. The molecule has 150 valence electrons. The number of aromatic nitrogens is 1. The quantitative estimate of drug-likeness (QED) is 0.408. The second kappa shape index (κ2) is 8.79. The van der Waals surface area contributed by atoms with Crippen molar-refractivity contribution in [3.05, 3.63) is 69.3 Å². The van der Waals surface area contributed by atoms with E-state index in [-0.39, 0.29) is 0 Å². The molecule has 1 aliphatic heterocycles. The van der Waals surface area contributed by atoms with Crippen molar-refractivity contribution in [3.63, 3.8) is 0 Å². The van der Waals surface area contributed by atoms with Crippen LogP contribution >= 0.6 is 27.5 Å². The van der Waals surface area contributed by atoms with Gasteiger partial charge in [0.05, 0.1) is 10.6 Å². The Morgan fingerprint density at radius 1 is 1.17 bits per heavy atom. The van der Waals surface area contributed by atoms with Crippen molar-refractivity contribution in [3.8, 4) is 5.75 Å². The largest absolute Gasteiger partial charge is 0.420 e. The van der Waals surface area contributed by atoms with Crippen molar-refractivity contribution in [1.82, 2.24) is 14.8 Å². The van der Waals surface area contributed by atoms with Crippen LogP contribution in [0.3, 0.4) is 0 Å². The fourth-order valence-electron chi connectivity index (χ4n) is 3.44. The first kappa shape index (κ1) is 20.3. The molecule has 0 radical (unpaired) electrons. The molecule has 29 heavy (non-hydrogen) atoms. The molecule has 0 spiro atoms. The van der Waals surface area contributed by atoms with Crippen LogP contribution in [0.2, 0.25) is 5.02 Å². The third-order valence-electron chi connectivity index (χ3n) is 5.14. The van der Waals surface area contributed by atoms with E-state index in [1.54, 1.807) is 18.3 Å². The maximum absolute atomic E-state index is 12.8. The Balaban J connectivity index is 1.70. The minimum absolute atomic E-state index is 0.411. The minimum atomic E-state index is -0.411. The fourth-order valence-corrected chi connectivity index (χ4v) is 3.99. The number of carbonyl (C=O) groups is 1. The van der Waals surface area contributed by atoms with Gasteiger partial charge in [0.2, 0.25) is 0 Å². The highest BCUT2D eigenvalue weighted by Gasteiger charge is 2.21. The van der Waals surface area contributed by atoms with Crippen LogP contribution in [-0.4, -0.2) is 54.0 Å². The highest BCUT2D eigenvalue weighted by Crippen LogP contribution is 2.35. The average Bonchev–Trinajstić information content (AvgIpc) is 2.73. The second-order valence-electron chi connectivity index (χ2n) is 7.22. The first-order chi connectivity index (χ1) is 14.0. The number of halogens is 2. The molecule has 0 amide bonds. The van der Waals surface area contributed by atoms with Gasteiger partial charge in [0, 0.05) is 54.3 Å². The van der Waals surface area contributed by atoms with Crippen molar-refractivity contribution in [2.24, 2.45) is 0 Å². The number of piperazine rings is 1. The molecule has 2 heterocycles. The summed E-state index contributed by atoms with van der Waals surface area (Å²) in [5.41, 5.74) is 1.96. The number of hydrogen-bond acceptors (Lipinski definition) is 5. The van der Waals surface area contributed by atoms with E-state index in [1.165, 1.54) is 0 Å². The first-order valence-electron chi connectivity index (χ1n) is 9.46. The smallest absolute Gasteiger partial charge is 0.343 e. The number of rotatable bonds is 4. The van der Waals surface area contributed by atoms with Gasteiger partial charge in [-0.25, -0.2) is 4.79 Å². The van der Waals surface area contributed by atoms with Crippen molar-refractivity contribution >= 4 is 44.4 Å². The lowest BCUT2D eigenvalue weighted by atomic mass is 10.1. The number of benzene rings is 2. The number of ether oxygens (including phenoxy) is 1. The summed E-state index contributed by atoms with van der Waals surface area (Å²) in [6.45, 7) is 4.58. The van der Waals surface area contributed by atoms with Crippen LogP contribution < -0.4 is 4.74 Å². The van der Waals surface area contributed by atoms with Gasteiger partial charge in [-0.1, -0.05) is 27.5 Å². The highest BCUT2D eigenvalue weighted by atomic mass is 79.9. The molecule has 1 aromatic heterocycles. The van der Waals surface area contributed by atoms with Crippen LogP contribution in [0.25, 0.3) is 10.9 Å². The zero-order chi connectivity index (χ0) is 20.4. The molecule has 0 unspecified atom stereocenters. The third-order valence-corrected chi connectivity index (χ3v) is 5.98. The maximum Gasteiger partial charge on any atom is 0.343 e. The van der Waals surface area contributed by atoms with Crippen molar-refractivity contribution in [2.75, 3.05) is 33.2 Å². The Morgan fingerprint density at radius 3 is 2.62 bits per heavy atom. The molecule has 0 saturated carbocycles. The van der Waals surface area contributed by atoms with Gasteiger partial charge in [0.1, 0.15) is 5.52 Å². The molecule has 0 bridgehead atoms. The van der Waals surface area contributed by atoms with Gasteiger partial charge in [-0.15, -0.1) is 0 Å². The van der Waals surface area contributed by atoms with Gasteiger partial charge in [0.15, 0.2) is 5.75 Å². The van der Waals surface area contributed by atoms with Crippen LogP contribution in [0.5, 0.6) is 5.75 Å². The lowest BCUT2D eigenvalue weighted by Crippen LogP contribution is -2.43. The zero-order valence-electron chi connectivity index (χ0n) is 16.1. The molecule has 1 fully saturated rings. The number of hydrogen-bond donors (Lipinski definition) is 0. The highest BCUT2D eigenvalue weighted by molar-refractivity contribution is 9.10. The van der Waals surface area contributed by atoms with E-state index < -0.39 is 5.97 Å². The lowest BCUT2D eigenvalue weighted by Gasteiger charge is -2.32. The topological polar surface area (TPSA) is 45.7 Å². The summed E-state index contributed by atoms with van der Waals surface area (Å²) in [5.74, 6) is 0.0725. The van der Waals surface area contributed by atoms with Gasteiger partial charge in [-0.2, -0.15) is 0 Å². The Kier molecular flexibility index (Phi) is 6.15. The molecular weight excluding hydrogens is 454 g/mol. The molecular formula is C22H21BrClN3O2. The Hall–Kier alpha value is -1.99. The number of nitrogens with zero attached hydrogens (tertiary/aromatic N) is 3. The summed E-state index contributed by atoms with van der Waals surface area (Å²) >= 11 is 9.92. The number of esters is 1. The summed E-state index contributed by atoms with van der Waals surface area (Å²) in [5, 5.41) is 1.38. The van der Waals surface area contributed by atoms with Crippen molar-refractivity contribution in [2.45, 2.75) is 6.54 Å². The van der Waals surface area contributed by atoms with E-state index in [9.17, 15) is 4.79 Å². The van der Waals surface area contributed by atoms with Crippen LogP contribution in [0.4, 0.5) is 0 Å². The standard InChI is InChI=1S/C22H21BrClN3O2/c1-26-9-11-27(12-10-26)14-16-13-19(24)18-3-2-8-25-20(18)21(16)29-22(28)15-4-6-17(23)7-5-15/h2-8,13H,9-12,14H2,1H3. The van der Waals surface area contributed by atoms with Gasteiger partial charge >= 0.3 is 5.97 Å². The Bertz CT molecular complexity index is 1030. The SMILES string of the molecule is CN1CCN(Cc2cc(Cl)c3cccnc3c2OC(=O)c2ccc(Br)cc2)CC1. The predicted octanol–water partition coefficient (Wildman–Crippen LogP) is 4.62. The Morgan fingerprint density at radius 2 is 1.90 bits per heavy atom. The summed E-state index contributed by atoms with van der Waals surface area (Å²) in [6.07, 6.45) is 1.69. The molecule has 1 saturated heterocycles. The molecule has 0 aliphatic carbocycles. The maximum atomic E-state index is 12.8. The monoisotopic (exact) mass is 473 g/mol. The molecule has 5 nitrogen and oxygen atoms in total. The number of fused-ring (bicyclic) bond motifs is 1. The van der Waals surface area contributed by atoms with Crippen LogP contribution in [-0.2, 0) is 6.54 Å². The molecule has 4 rings (SSSR count). The molecule has 2 aromatic carbocycles. The number of pyridine rings is 1. The van der Waals surface area contributed by atoms with Crippen LogP contribution in [0.1, 0.15) is 15.9 Å². The summed E-state index contributed by atoms with van der Waals surface area (Å²) in [6, 6.07) is 12.7. The molecule has 1 aliphatic rings.